The second kappa shape index (κ2) is 4.62. The fraction of sp³-hybridized carbons (Fsp3) is 0.500. The number of aryl methyl sites for hydroxylation is 1. The van der Waals surface area contributed by atoms with Gasteiger partial charge in [0.25, 0.3) is 5.56 Å². The van der Waals surface area contributed by atoms with Crippen molar-refractivity contribution in [3.63, 3.8) is 0 Å². The summed E-state index contributed by atoms with van der Waals surface area (Å²) in [4.78, 5) is 13.0. The van der Waals surface area contributed by atoms with Gasteiger partial charge in [-0.3, -0.25) is 9.48 Å². The Morgan fingerprint density at radius 2 is 1.76 bits per heavy atom. The Bertz CT molecular complexity index is 745. The molecule has 0 saturated heterocycles. The van der Waals surface area contributed by atoms with Crippen molar-refractivity contribution in [1.29, 1.82) is 0 Å². The van der Waals surface area contributed by atoms with Crippen molar-refractivity contribution in [3.8, 4) is 5.69 Å². The standard InChI is InChI=1S/C18H22N2O/c1-3-12-6-4-5-7-15(12)20-18(21)16(13-8-9-13)17(19(20)2)14-10-11-14/h4-7,13-14H,3,8-11H2,1-2H3. The summed E-state index contributed by atoms with van der Waals surface area (Å²) in [5, 5.41) is 0. The number of rotatable bonds is 4. The monoisotopic (exact) mass is 282 g/mol. The summed E-state index contributed by atoms with van der Waals surface area (Å²) in [6.45, 7) is 2.15. The second-order valence-corrected chi connectivity index (χ2v) is 6.47. The van der Waals surface area contributed by atoms with Crippen molar-refractivity contribution >= 4 is 0 Å². The fourth-order valence-corrected chi connectivity index (χ4v) is 3.53. The number of hydrogen-bond donors (Lipinski definition) is 0. The summed E-state index contributed by atoms with van der Waals surface area (Å²) < 4.78 is 4.06. The Morgan fingerprint density at radius 1 is 1.10 bits per heavy atom. The molecule has 0 N–H and O–H groups in total. The number of benzene rings is 1. The summed E-state index contributed by atoms with van der Waals surface area (Å²) >= 11 is 0. The van der Waals surface area contributed by atoms with E-state index in [0.717, 1.165) is 17.7 Å². The lowest BCUT2D eigenvalue weighted by molar-refractivity contribution is 0.612. The van der Waals surface area contributed by atoms with E-state index in [-0.39, 0.29) is 5.56 Å². The number of para-hydroxylation sites is 1. The molecule has 3 heteroatoms. The largest absolute Gasteiger partial charge is 0.284 e. The fourth-order valence-electron chi connectivity index (χ4n) is 3.53. The third kappa shape index (κ3) is 1.98. The number of aromatic nitrogens is 2. The molecule has 110 valence electrons. The summed E-state index contributed by atoms with van der Waals surface area (Å²) in [6, 6.07) is 8.29. The van der Waals surface area contributed by atoms with Crippen LogP contribution in [0.3, 0.4) is 0 Å². The molecule has 0 spiro atoms. The molecule has 0 aliphatic heterocycles. The SMILES string of the molecule is CCc1ccccc1-n1c(=O)c(C2CC2)c(C2CC2)n1C. The van der Waals surface area contributed by atoms with Gasteiger partial charge in [0.2, 0.25) is 0 Å². The third-order valence-electron chi connectivity index (χ3n) is 4.90. The molecule has 1 heterocycles. The first-order chi connectivity index (χ1) is 10.2. The van der Waals surface area contributed by atoms with Crippen molar-refractivity contribution in [2.45, 2.75) is 50.9 Å². The van der Waals surface area contributed by atoms with Crippen molar-refractivity contribution in [1.82, 2.24) is 9.36 Å². The molecular formula is C18H22N2O. The van der Waals surface area contributed by atoms with Crippen LogP contribution in [0.4, 0.5) is 0 Å². The van der Waals surface area contributed by atoms with E-state index >= 15 is 0 Å². The highest BCUT2D eigenvalue weighted by Gasteiger charge is 2.39. The highest BCUT2D eigenvalue weighted by atomic mass is 16.1. The first-order valence-electron chi connectivity index (χ1n) is 8.12. The van der Waals surface area contributed by atoms with Crippen LogP contribution in [0, 0.1) is 0 Å². The van der Waals surface area contributed by atoms with Crippen LogP contribution in [0.15, 0.2) is 29.1 Å². The minimum absolute atomic E-state index is 0.225. The van der Waals surface area contributed by atoms with E-state index in [2.05, 4.69) is 36.9 Å². The van der Waals surface area contributed by atoms with Gasteiger partial charge in [-0.2, -0.15) is 0 Å². The molecule has 2 fully saturated rings. The molecule has 0 radical (unpaired) electrons. The summed E-state index contributed by atoms with van der Waals surface area (Å²) in [6.07, 6.45) is 5.81. The summed E-state index contributed by atoms with van der Waals surface area (Å²) in [5.41, 5.74) is 4.95. The molecule has 2 aliphatic rings. The molecule has 0 amide bonds. The predicted molar refractivity (Wildman–Crippen MR) is 84.3 cm³/mol. The topological polar surface area (TPSA) is 26.9 Å². The molecule has 4 rings (SSSR count). The van der Waals surface area contributed by atoms with Crippen LogP contribution in [0.1, 0.15) is 61.3 Å². The van der Waals surface area contributed by atoms with Crippen LogP contribution in [0.2, 0.25) is 0 Å². The average molecular weight is 282 g/mol. The number of nitrogens with zero attached hydrogens (tertiary/aromatic N) is 2. The molecule has 0 bridgehead atoms. The van der Waals surface area contributed by atoms with E-state index < -0.39 is 0 Å². The zero-order chi connectivity index (χ0) is 14.6. The van der Waals surface area contributed by atoms with E-state index in [1.54, 1.807) is 0 Å². The van der Waals surface area contributed by atoms with Crippen LogP contribution < -0.4 is 5.56 Å². The lowest BCUT2D eigenvalue weighted by atomic mass is 10.1. The first-order valence-corrected chi connectivity index (χ1v) is 8.12. The van der Waals surface area contributed by atoms with Gasteiger partial charge >= 0.3 is 0 Å². The van der Waals surface area contributed by atoms with Crippen molar-refractivity contribution in [2.24, 2.45) is 7.05 Å². The molecule has 0 atom stereocenters. The normalized spacial score (nSPS) is 18.2. The lowest BCUT2D eigenvalue weighted by Gasteiger charge is -2.13. The first kappa shape index (κ1) is 12.9. The van der Waals surface area contributed by atoms with Crippen LogP contribution in [-0.4, -0.2) is 9.36 Å². The molecule has 2 aromatic rings. The minimum atomic E-state index is 0.225. The predicted octanol–water partition coefficient (Wildman–Crippen LogP) is 3.49. The maximum Gasteiger partial charge on any atom is 0.275 e. The van der Waals surface area contributed by atoms with Crippen molar-refractivity contribution in [3.05, 3.63) is 51.4 Å². The molecule has 2 saturated carbocycles. The molecule has 3 nitrogen and oxygen atoms in total. The maximum absolute atomic E-state index is 13.0. The molecule has 21 heavy (non-hydrogen) atoms. The molecular weight excluding hydrogens is 260 g/mol. The minimum Gasteiger partial charge on any atom is -0.284 e. The van der Waals surface area contributed by atoms with Crippen molar-refractivity contribution < 1.29 is 0 Å². The van der Waals surface area contributed by atoms with Gasteiger partial charge in [-0.25, -0.2) is 4.68 Å². The Hall–Kier alpha value is -1.77. The molecule has 0 unspecified atom stereocenters. The summed E-state index contributed by atoms with van der Waals surface area (Å²) in [5.74, 6) is 1.14. The zero-order valence-electron chi connectivity index (χ0n) is 12.8. The van der Waals surface area contributed by atoms with Crippen molar-refractivity contribution in [2.75, 3.05) is 0 Å². The molecule has 1 aromatic carbocycles. The quantitative estimate of drug-likeness (QED) is 0.843. The average Bonchev–Trinajstić information content (AvgIpc) is 3.37. The van der Waals surface area contributed by atoms with Gasteiger partial charge < -0.3 is 0 Å². The van der Waals surface area contributed by atoms with Crippen LogP contribution in [0.25, 0.3) is 5.69 Å². The van der Waals surface area contributed by atoms with Gasteiger partial charge in [0.05, 0.1) is 5.69 Å². The highest BCUT2D eigenvalue weighted by molar-refractivity contribution is 5.43. The van der Waals surface area contributed by atoms with E-state index in [0.29, 0.717) is 11.8 Å². The van der Waals surface area contributed by atoms with Gasteiger partial charge in [-0.1, -0.05) is 25.1 Å². The highest BCUT2D eigenvalue weighted by Crippen LogP contribution is 2.48. The van der Waals surface area contributed by atoms with Crippen LogP contribution >= 0.6 is 0 Å². The van der Waals surface area contributed by atoms with Gasteiger partial charge in [-0.15, -0.1) is 0 Å². The Kier molecular flexibility index (Phi) is 2.84. The molecule has 1 aromatic heterocycles. The Balaban J connectivity index is 1.97. The Morgan fingerprint density at radius 3 is 2.38 bits per heavy atom. The summed E-state index contributed by atoms with van der Waals surface area (Å²) in [7, 11) is 2.06. The van der Waals surface area contributed by atoms with E-state index in [4.69, 9.17) is 0 Å². The third-order valence-corrected chi connectivity index (χ3v) is 4.90. The second-order valence-electron chi connectivity index (χ2n) is 6.47. The number of hydrogen-bond acceptors (Lipinski definition) is 1. The smallest absolute Gasteiger partial charge is 0.275 e. The lowest BCUT2D eigenvalue weighted by Crippen LogP contribution is -2.22. The zero-order valence-corrected chi connectivity index (χ0v) is 12.8. The van der Waals surface area contributed by atoms with Gasteiger partial charge in [0, 0.05) is 24.2 Å². The van der Waals surface area contributed by atoms with Crippen LogP contribution in [-0.2, 0) is 13.5 Å². The maximum atomic E-state index is 13.0. The van der Waals surface area contributed by atoms with Gasteiger partial charge in [0.1, 0.15) is 0 Å². The van der Waals surface area contributed by atoms with E-state index in [9.17, 15) is 4.79 Å². The van der Waals surface area contributed by atoms with Gasteiger partial charge in [-0.05, 0) is 49.7 Å². The van der Waals surface area contributed by atoms with Crippen LogP contribution in [0.5, 0.6) is 0 Å². The van der Waals surface area contributed by atoms with E-state index in [1.807, 2.05) is 10.7 Å². The van der Waals surface area contributed by atoms with E-state index in [1.165, 1.54) is 36.9 Å². The Labute approximate surface area is 125 Å². The van der Waals surface area contributed by atoms with Gasteiger partial charge in [0.15, 0.2) is 0 Å². The molecule has 2 aliphatic carbocycles.